The third kappa shape index (κ3) is 1.19. The Morgan fingerprint density at radius 2 is 2.00 bits per heavy atom. The average molecular weight is 212 g/mol. The van der Waals surface area contributed by atoms with Gasteiger partial charge in [-0.1, -0.05) is 20.8 Å². The minimum absolute atomic E-state index is 0.0451. The highest BCUT2D eigenvalue weighted by molar-refractivity contribution is 5.67. The first-order chi connectivity index (χ1) is 6.80. The molecule has 0 spiro atoms. The first-order valence-electron chi connectivity index (χ1n) is 5.70. The summed E-state index contributed by atoms with van der Waals surface area (Å²) in [7, 11) is 0. The number of fused-ring (bicyclic) bond motifs is 2. The van der Waals surface area contributed by atoms with Crippen molar-refractivity contribution in [2.24, 2.45) is 22.7 Å². The molecule has 2 saturated carbocycles. The molecule has 0 heterocycles. The number of hydrogen-bond acceptors (Lipinski definition) is 2. The Morgan fingerprint density at radius 3 is 2.40 bits per heavy atom. The lowest BCUT2D eigenvalue weighted by Gasteiger charge is -2.37. The van der Waals surface area contributed by atoms with Crippen LogP contribution in [0.3, 0.4) is 0 Å². The van der Waals surface area contributed by atoms with Crippen LogP contribution in [0.2, 0.25) is 0 Å². The second-order valence-corrected chi connectivity index (χ2v) is 5.99. The summed E-state index contributed by atoms with van der Waals surface area (Å²) in [5.74, 6) is -0.462. The third-order valence-electron chi connectivity index (χ3n) is 5.36. The van der Waals surface area contributed by atoms with Gasteiger partial charge >= 0.3 is 5.97 Å². The molecule has 0 aromatic heterocycles. The Hall–Kier alpha value is -0.570. The van der Waals surface area contributed by atoms with Crippen molar-refractivity contribution in [3.05, 3.63) is 0 Å². The highest BCUT2D eigenvalue weighted by atomic mass is 16.4. The summed E-state index contributed by atoms with van der Waals surface area (Å²) in [6.07, 6.45) is 1.77. The zero-order chi connectivity index (χ0) is 11.4. The number of hydrogen-bond donors (Lipinski definition) is 2. The maximum atomic E-state index is 10.8. The van der Waals surface area contributed by atoms with Crippen LogP contribution in [0, 0.1) is 22.7 Å². The third-order valence-corrected chi connectivity index (χ3v) is 5.36. The number of carboxylic acid groups (broad SMARTS) is 1. The van der Waals surface area contributed by atoms with Crippen molar-refractivity contribution in [1.82, 2.24) is 0 Å². The summed E-state index contributed by atoms with van der Waals surface area (Å²) < 4.78 is 0. The van der Waals surface area contributed by atoms with Gasteiger partial charge in [0.1, 0.15) is 0 Å². The molecule has 0 radical (unpaired) electrons. The molecule has 0 aromatic carbocycles. The van der Waals surface area contributed by atoms with Crippen LogP contribution in [0.1, 0.15) is 40.0 Å². The Labute approximate surface area is 90.5 Å². The van der Waals surface area contributed by atoms with E-state index >= 15 is 0 Å². The zero-order valence-electron chi connectivity index (χ0n) is 9.66. The number of carboxylic acids is 1. The van der Waals surface area contributed by atoms with E-state index in [9.17, 15) is 9.90 Å². The molecule has 1 unspecified atom stereocenters. The summed E-state index contributed by atoms with van der Waals surface area (Å²) >= 11 is 0. The molecule has 0 aromatic rings. The molecule has 4 atom stereocenters. The number of aliphatic hydroxyl groups is 1. The van der Waals surface area contributed by atoms with Crippen LogP contribution >= 0.6 is 0 Å². The van der Waals surface area contributed by atoms with Gasteiger partial charge in [-0.2, -0.15) is 0 Å². The molecule has 2 N–H and O–H groups in total. The van der Waals surface area contributed by atoms with Crippen LogP contribution < -0.4 is 0 Å². The van der Waals surface area contributed by atoms with Gasteiger partial charge in [0.2, 0.25) is 0 Å². The monoisotopic (exact) mass is 212 g/mol. The molecular weight excluding hydrogens is 192 g/mol. The molecule has 2 fully saturated rings. The van der Waals surface area contributed by atoms with Crippen molar-refractivity contribution in [3.63, 3.8) is 0 Å². The lowest BCUT2D eigenvalue weighted by molar-refractivity contribution is -0.140. The van der Waals surface area contributed by atoms with Gasteiger partial charge in [0.15, 0.2) is 0 Å². The fourth-order valence-electron chi connectivity index (χ4n) is 3.99. The summed E-state index contributed by atoms with van der Waals surface area (Å²) in [5.41, 5.74) is -0.00961. The van der Waals surface area contributed by atoms with E-state index in [2.05, 4.69) is 20.8 Å². The van der Waals surface area contributed by atoms with Crippen LogP contribution in [-0.2, 0) is 4.79 Å². The molecule has 2 bridgehead atoms. The number of aliphatic carboxylic acids is 1. The predicted octanol–water partition coefficient (Wildman–Crippen LogP) is 1.89. The van der Waals surface area contributed by atoms with E-state index in [4.69, 9.17) is 5.11 Å². The Balaban J connectivity index is 2.29. The van der Waals surface area contributed by atoms with E-state index in [1.165, 1.54) is 0 Å². The molecule has 2 aliphatic rings. The minimum Gasteiger partial charge on any atom is -0.481 e. The van der Waals surface area contributed by atoms with Crippen LogP contribution in [-0.4, -0.2) is 22.3 Å². The lowest BCUT2D eigenvalue weighted by atomic mass is 9.70. The van der Waals surface area contributed by atoms with Crippen LogP contribution in [0.5, 0.6) is 0 Å². The van der Waals surface area contributed by atoms with Crippen molar-refractivity contribution in [1.29, 1.82) is 0 Å². The summed E-state index contributed by atoms with van der Waals surface area (Å²) in [5, 5.41) is 19.1. The van der Waals surface area contributed by atoms with Crippen LogP contribution in [0.4, 0.5) is 0 Å². The van der Waals surface area contributed by atoms with Gasteiger partial charge < -0.3 is 10.2 Å². The first-order valence-corrected chi connectivity index (χ1v) is 5.70. The van der Waals surface area contributed by atoms with Gasteiger partial charge in [0.05, 0.1) is 12.5 Å². The van der Waals surface area contributed by atoms with Crippen LogP contribution in [0.15, 0.2) is 0 Å². The van der Waals surface area contributed by atoms with Gasteiger partial charge in [-0.3, -0.25) is 4.79 Å². The Morgan fingerprint density at radius 1 is 1.40 bits per heavy atom. The molecule has 15 heavy (non-hydrogen) atoms. The molecule has 2 rings (SSSR count). The minimum atomic E-state index is -0.786. The molecule has 3 nitrogen and oxygen atoms in total. The van der Waals surface area contributed by atoms with E-state index < -0.39 is 12.1 Å². The topological polar surface area (TPSA) is 57.5 Å². The molecule has 0 saturated heterocycles. The van der Waals surface area contributed by atoms with Crippen molar-refractivity contribution < 1.29 is 15.0 Å². The highest BCUT2D eigenvalue weighted by Crippen LogP contribution is 2.68. The smallest absolute Gasteiger partial charge is 0.303 e. The average Bonchev–Trinajstić information content (AvgIpc) is 2.40. The molecule has 0 aliphatic heterocycles. The van der Waals surface area contributed by atoms with E-state index in [1.54, 1.807) is 0 Å². The fraction of sp³-hybridized carbons (Fsp3) is 0.917. The maximum absolute atomic E-state index is 10.8. The normalized spacial score (nSPS) is 47.1. The summed E-state index contributed by atoms with van der Waals surface area (Å²) in [6, 6.07) is 0. The van der Waals surface area contributed by atoms with Crippen molar-refractivity contribution in [2.45, 2.75) is 46.1 Å². The van der Waals surface area contributed by atoms with Gasteiger partial charge in [0, 0.05) is 0 Å². The standard InChI is InChI=1S/C12H20O3/c1-11(2)8-4-5-12(11,3)10(15)7(8)6-9(13)14/h7-8,10,15H,4-6H2,1-3H3,(H,13,14)/t7?,8-,10+,12+/m1/s1. The highest BCUT2D eigenvalue weighted by Gasteiger charge is 2.65. The van der Waals surface area contributed by atoms with Gasteiger partial charge in [-0.05, 0) is 35.5 Å². The van der Waals surface area contributed by atoms with Crippen molar-refractivity contribution in [2.75, 3.05) is 0 Å². The second kappa shape index (κ2) is 2.97. The lowest BCUT2D eigenvalue weighted by Crippen LogP contribution is -2.38. The van der Waals surface area contributed by atoms with E-state index in [0.717, 1.165) is 12.8 Å². The summed E-state index contributed by atoms with van der Waals surface area (Å²) in [6.45, 7) is 6.46. The SMILES string of the molecule is CC1(C)[C@@H]2CC[C@@]1(C)[C@@H](O)C2CC(=O)O. The van der Waals surface area contributed by atoms with E-state index in [0.29, 0.717) is 5.92 Å². The Bertz CT molecular complexity index is 297. The largest absolute Gasteiger partial charge is 0.481 e. The maximum Gasteiger partial charge on any atom is 0.303 e. The van der Waals surface area contributed by atoms with Crippen molar-refractivity contribution in [3.8, 4) is 0 Å². The Kier molecular flexibility index (Phi) is 2.16. The molecule has 0 amide bonds. The molecule has 3 heteroatoms. The number of carbonyl (C=O) groups is 1. The van der Waals surface area contributed by atoms with Gasteiger partial charge in [0.25, 0.3) is 0 Å². The van der Waals surface area contributed by atoms with Crippen molar-refractivity contribution >= 4 is 5.97 Å². The molecule has 86 valence electrons. The summed E-state index contributed by atoms with van der Waals surface area (Å²) in [4.78, 5) is 10.8. The predicted molar refractivity (Wildman–Crippen MR) is 56.4 cm³/mol. The van der Waals surface area contributed by atoms with E-state index in [-0.39, 0.29) is 23.2 Å². The molecular formula is C12H20O3. The van der Waals surface area contributed by atoms with E-state index in [1.807, 2.05) is 0 Å². The number of aliphatic hydroxyl groups excluding tert-OH is 1. The van der Waals surface area contributed by atoms with Crippen LogP contribution in [0.25, 0.3) is 0 Å². The first kappa shape index (κ1) is 10.9. The zero-order valence-corrected chi connectivity index (χ0v) is 9.66. The van der Waals surface area contributed by atoms with Gasteiger partial charge in [-0.25, -0.2) is 0 Å². The number of rotatable bonds is 2. The van der Waals surface area contributed by atoms with Gasteiger partial charge in [-0.15, -0.1) is 0 Å². The quantitative estimate of drug-likeness (QED) is 0.735. The molecule has 2 aliphatic carbocycles. The second-order valence-electron chi connectivity index (χ2n) is 5.99. The fourth-order valence-corrected chi connectivity index (χ4v) is 3.99.